The number of halogens is 1. The first-order valence-corrected chi connectivity index (χ1v) is 10.1. The highest BCUT2D eigenvalue weighted by Gasteiger charge is 2.38. The number of benzene rings is 2. The highest BCUT2D eigenvalue weighted by Crippen LogP contribution is 2.34. The van der Waals surface area contributed by atoms with Crippen molar-refractivity contribution in [1.29, 1.82) is 0 Å². The molecule has 3 nitrogen and oxygen atoms in total. The molecule has 0 fully saturated rings. The van der Waals surface area contributed by atoms with Gasteiger partial charge in [0.2, 0.25) is 0 Å². The quantitative estimate of drug-likeness (QED) is 0.350. The fourth-order valence-corrected chi connectivity index (χ4v) is 5.15. The maximum absolute atomic E-state index is 4.97. The lowest BCUT2D eigenvalue weighted by atomic mass is 10.1. The first kappa shape index (κ1) is 15.2. The summed E-state index contributed by atoms with van der Waals surface area (Å²) in [5, 5.41) is 6.20. The van der Waals surface area contributed by atoms with Crippen LogP contribution in [0.4, 0.5) is 0 Å². The Hall–Kier alpha value is -1.34. The van der Waals surface area contributed by atoms with E-state index in [4.69, 9.17) is 5.10 Å². The van der Waals surface area contributed by atoms with Gasteiger partial charge >= 0.3 is 11.0 Å². The Morgan fingerprint density at radius 1 is 1.17 bits per heavy atom. The summed E-state index contributed by atoms with van der Waals surface area (Å²) in [6.07, 6.45) is 0. The largest absolute Gasteiger partial charge is 0.314 e. The van der Waals surface area contributed by atoms with Crippen molar-refractivity contribution < 1.29 is 4.57 Å². The molecule has 2 heterocycles. The standard InChI is InChI=1S/C18H17IN3S/c1-13-7-9-14(10-8-13)17-20-22-16(11-19)12-23-18(22)21(17)15-5-3-2-4-6-15/h2-10,16H,11-12H2,1H3/q+1. The van der Waals surface area contributed by atoms with Crippen LogP contribution in [0.15, 0.2) is 59.8 Å². The fourth-order valence-electron chi connectivity index (χ4n) is 2.80. The monoisotopic (exact) mass is 434 g/mol. The highest BCUT2D eigenvalue weighted by atomic mass is 127. The number of thioether (sulfide) groups is 1. The smallest absolute Gasteiger partial charge is 0.184 e. The van der Waals surface area contributed by atoms with Gasteiger partial charge in [0.05, 0.1) is 5.56 Å². The van der Waals surface area contributed by atoms with Crippen molar-refractivity contribution in [3.8, 4) is 17.1 Å². The lowest BCUT2D eigenvalue weighted by molar-refractivity contribution is -0.626. The van der Waals surface area contributed by atoms with Gasteiger partial charge in [-0.3, -0.25) is 0 Å². The molecule has 0 N–H and O–H groups in total. The van der Waals surface area contributed by atoms with Gasteiger partial charge in [-0.1, -0.05) is 63.2 Å². The molecule has 0 saturated carbocycles. The molecule has 0 bridgehead atoms. The zero-order valence-electron chi connectivity index (χ0n) is 12.8. The van der Waals surface area contributed by atoms with Crippen molar-refractivity contribution in [1.82, 2.24) is 9.78 Å². The fraction of sp³-hybridized carbons (Fsp3) is 0.222. The summed E-state index contributed by atoms with van der Waals surface area (Å²) < 4.78 is 5.59. The number of aryl methyl sites for hydroxylation is 1. The van der Waals surface area contributed by atoms with Crippen LogP contribution in [0, 0.1) is 6.92 Å². The lowest BCUT2D eigenvalue weighted by Crippen LogP contribution is -2.33. The molecule has 1 aliphatic rings. The predicted molar refractivity (Wildman–Crippen MR) is 103 cm³/mol. The van der Waals surface area contributed by atoms with E-state index < -0.39 is 0 Å². The van der Waals surface area contributed by atoms with Gasteiger partial charge < -0.3 is 0 Å². The van der Waals surface area contributed by atoms with E-state index in [9.17, 15) is 0 Å². The second-order valence-corrected chi connectivity index (χ2v) is 7.57. The second kappa shape index (κ2) is 6.28. The summed E-state index contributed by atoms with van der Waals surface area (Å²) >= 11 is 4.36. The molecule has 0 amide bonds. The minimum absolute atomic E-state index is 0.477. The van der Waals surface area contributed by atoms with E-state index in [0.29, 0.717) is 6.04 Å². The van der Waals surface area contributed by atoms with Crippen LogP contribution in [0.3, 0.4) is 0 Å². The zero-order chi connectivity index (χ0) is 15.8. The summed E-state index contributed by atoms with van der Waals surface area (Å²) in [6, 6.07) is 19.6. The molecular weight excluding hydrogens is 417 g/mol. The van der Waals surface area contributed by atoms with Crippen molar-refractivity contribution in [3.05, 3.63) is 60.2 Å². The highest BCUT2D eigenvalue weighted by molar-refractivity contribution is 14.1. The van der Waals surface area contributed by atoms with Crippen LogP contribution in [0.25, 0.3) is 17.1 Å². The van der Waals surface area contributed by atoms with Crippen molar-refractivity contribution in [2.45, 2.75) is 18.1 Å². The zero-order valence-corrected chi connectivity index (χ0v) is 15.8. The van der Waals surface area contributed by atoms with Gasteiger partial charge in [0.1, 0.15) is 11.7 Å². The molecule has 0 spiro atoms. The third kappa shape index (κ3) is 2.70. The van der Waals surface area contributed by atoms with E-state index in [1.807, 2.05) is 11.8 Å². The van der Waals surface area contributed by atoms with Crippen molar-refractivity contribution >= 4 is 34.4 Å². The average Bonchev–Trinajstić information content (AvgIpc) is 3.15. The number of para-hydroxylation sites is 1. The van der Waals surface area contributed by atoms with Crippen LogP contribution in [0.1, 0.15) is 11.6 Å². The molecule has 1 aromatic heterocycles. The summed E-state index contributed by atoms with van der Waals surface area (Å²) in [6.45, 7) is 2.12. The van der Waals surface area contributed by atoms with E-state index in [-0.39, 0.29) is 0 Å². The number of rotatable bonds is 3. The molecule has 1 atom stereocenters. The van der Waals surface area contributed by atoms with E-state index in [2.05, 4.69) is 93.4 Å². The summed E-state index contributed by atoms with van der Waals surface area (Å²) in [7, 11) is 0. The van der Waals surface area contributed by atoms with Gasteiger partial charge in [-0.25, -0.2) is 0 Å². The minimum atomic E-state index is 0.477. The lowest BCUT2D eigenvalue weighted by Gasteiger charge is -2.03. The normalized spacial score (nSPS) is 16.5. The molecule has 1 unspecified atom stereocenters. The number of fused-ring (bicyclic) bond motifs is 1. The first-order valence-electron chi connectivity index (χ1n) is 7.63. The van der Waals surface area contributed by atoms with Gasteiger partial charge in [-0.2, -0.15) is 4.57 Å². The van der Waals surface area contributed by atoms with Crippen LogP contribution in [-0.4, -0.2) is 20.0 Å². The van der Waals surface area contributed by atoms with Gasteiger partial charge in [-0.05, 0) is 43.0 Å². The Morgan fingerprint density at radius 3 is 2.61 bits per heavy atom. The van der Waals surface area contributed by atoms with Crippen molar-refractivity contribution in [2.24, 2.45) is 0 Å². The number of alkyl halides is 1. The van der Waals surface area contributed by atoms with Crippen LogP contribution < -0.4 is 4.57 Å². The maximum atomic E-state index is 4.97. The number of nitrogens with zero attached hydrogens (tertiary/aromatic N) is 3. The Morgan fingerprint density at radius 2 is 1.91 bits per heavy atom. The number of hydrogen-bond acceptors (Lipinski definition) is 2. The Bertz CT molecular complexity index is 827. The van der Waals surface area contributed by atoms with Crippen LogP contribution in [-0.2, 0) is 0 Å². The van der Waals surface area contributed by atoms with Crippen LogP contribution in [0.5, 0.6) is 0 Å². The molecule has 116 valence electrons. The van der Waals surface area contributed by atoms with Gasteiger partial charge in [0, 0.05) is 15.3 Å². The van der Waals surface area contributed by atoms with Crippen LogP contribution in [0.2, 0.25) is 0 Å². The van der Waals surface area contributed by atoms with E-state index in [0.717, 1.165) is 21.6 Å². The van der Waals surface area contributed by atoms with E-state index in [1.165, 1.54) is 16.4 Å². The second-order valence-electron chi connectivity index (χ2n) is 5.71. The SMILES string of the molecule is Cc1ccc(-c2nn3c([n+]2-c2ccccc2)SCC3CI)cc1. The third-order valence-electron chi connectivity index (χ3n) is 4.05. The van der Waals surface area contributed by atoms with E-state index in [1.54, 1.807) is 0 Å². The summed E-state index contributed by atoms with van der Waals surface area (Å²) in [4.78, 5) is 0. The molecule has 5 heteroatoms. The Kier molecular flexibility index (Phi) is 4.15. The predicted octanol–water partition coefficient (Wildman–Crippen LogP) is 4.22. The van der Waals surface area contributed by atoms with Gasteiger partial charge in [0.15, 0.2) is 0 Å². The molecule has 3 aromatic rings. The first-order chi connectivity index (χ1) is 11.3. The molecule has 23 heavy (non-hydrogen) atoms. The van der Waals surface area contributed by atoms with Crippen LogP contribution >= 0.6 is 34.4 Å². The molecule has 1 aliphatic heterocycles. The number of aromatic nitrogens is 3. The Labute approximate surface area is 153 Å². The summed E-state index contributed by atoms with van der Waals surface area (Å²) in [5.74, 6) is 2.12. The van der Waals surface area contributed by atoms with Crippen molar-refractivity contribution in [2.75, 3.05) is 10.2 Å². The third-order valence-corrected chi connectivity index (χ3v) is 6.25. The number of hydrogen-bond donors (Lipinski definition) is 0. The van der Waals surface area contributed by atoms with Gasteiger partial charge in [0.25, 0.3) is 0 Å². The van der Waals surface area contributed by atoms with E-state index >= 15 is 0 Å². The molecule has 0 saturated heterocycles. The molecule has 0 radical (unpaired) electrons. The maximum Gasteiger partial charge on any atom is 0.314 e. The van der Waals surface area contributed by atoms with Gasteiger partial charge in [-0.15, -0.1) is 0 Å². The minimum Gasteiger partial charge on any atom is -0.184 e. The average molecular weight is 434 g/mol. The molecule has 4 rings (SSSR count). The van der Waals surface area contributed by atoms with Crippen molar-refractivity contribution in [3.63, 3.8) is 0 Å². The Balaban J connectivity index is 1.93. The topological polar surface area (TPSA) is 21.7 Å². The molecule has 2 aromatic carbocycles. The molecule has 0 aliphatic carbocycles. The summed E-state index contributed by atoms with van der Waals surface area (Å²) in [5.41, 5.74) is 3.60. The molecular formula is C18H17IN3S+.